The van der Waals surface area contributed by atoms with Crippen LogP contribution in [-0.4, -0.2) is 62.3 Å². The van der Waals surface area contributed by atoms with Gasteiger partial charge in [0, 0.05) is 35.9 Å². The van der Waals surface area contributed by atoms with Crippen molar-refractivity contribution >= 4 is 11.7 Å². The van der Waals surface area contributed by atoms with Gasteiger partial charge < -0.3 is 24.8 Å². The van der Waals surface area contributed by atoms with Gasteiger partial charge in [-0.2, -0.15) is 0 Å². The summed E-state index contributed by atoms with van der Waals surface area (Å²) in [5.74, 6) is 6.15. The zero-order valence-corrected chi connectivity index (χ0v) is 24.1. The summed E-state index contributed by atoms with van der Waals surface area (Å²) in [4.78, 5) is 26.3. The average molecular weight is 535 g/mol. The van der Waals surface area contributed by atoms with E-state index in [0.29, 0.717) is 42.3 Å². The second-order valence-electron chi connectivity index (χ2n) is 10.7. The second kappa shape index (κ2) is 14.3. The molecule has 1 saturated heterocycles. The van der Waals surface area contributed by atoms with E-state index in [2.05, 4.69) is 22.5 Å². The van der Waals surface area contributed by atoms with Crippen molar-refractivity contribution in [1.29, 1.82) is 0 Å². The van der Waals surface area contributed by atoms with E-state index in [1.54, 1.807) is 37.3 Å². The fraction of sp³-hybridized carbons (Fsp3) is 0.500. The second-order valence-corrected chi connectivity index (χ2v) is 10.7. The predicted molar refractivity (Wildman–Crippen MR) is 154 cm³/mol. The molecule has 210 valence electrons. The van der Waals surface area contributed by atoms with Crippen LogP contribution in [0.25, 0.3) is 0 Å². The summed E-state index contributed by atoms with van der Waals surface area (Å²) in [5, 5.41) is 6.27. The first kappa shape index (κ1) is 30.4. The Morgan fingerprint density at radius 3 is 2.44 bits per heavy atom. The lowest BCUT2D eigenvalue weighted by Crippen LogP contribution is -2.36. The molecule has 2 aromatic rings. The Morgan fingerprint density at radius 1 is 1.08 bits per heavy atom. The van der Waals surface area contributed by atoms with Crippen LogP contribution in [0.4, 0.5) is 0 Å². The fourth-order valence-corrected chi connectivity index (χ4v) is 4.41. The molecule has 0 unspecified atom stereocenters. The van der Waals surface area contributed by atoms with Gasteiger partial charge in [0.05, 0.1) is 23.9 Å². The largest absolute Gasteiger partial charge is 0.490 e. The fourth-order valence-electron chi connectivity index (χ4n) is 4.41. The molecular weight excluding hydrogens is 492 g/mol. The molecule has 0 aliphatic carbocycles. The minimum Gasteiger partial charge on any atom is -0.490 e. The molecule has 3 rings (SSSR count). The van der Waals surface area contributed by atoms with Gasteiger partial charge in [0.25, 0.3) is 5.91 Å². The van der Waals surface area contributed by atoms with E-state index >= 15 is 0 Å². The number of ketones is 1. The van der Waals surface area contributed by atoms with Crippen LogP contribution in [0.1, 0.15) is 84.9 Å². The van der Waals surface area contributed by atoms with E-state index in [-0.39, 0.29) is 29.4 Å². The minimum atomic E-state index is -0.351. The Bertz CT molecular complexity index is 1190. The number of ether oxygens (including phenoxy) is 3. The van der Waals surface area contributed by atoms with Crippen LogP contribution < -0.4 is 15.4 Å². The molecule has 2 N–H and O–H groups in total. The SMILES string of the molecule is CC#Cc1ccc(OCCOC(C)(C)CCOC(C)C)c(C(=O)c2ccc(C(=O)N[C@H]3CCNC3)cc2)c1C. The maximum absolute atomic E-state index is 13.7. The van der Waals surface area contributed by atoms with Gasteiger partial charge in [-0.1, -0.05) is 18.1 Å². The van der Waals surface area contributed by atoms with Crippen molar-refractivity contribution < 1.29 is 23.8 Å². The van der Waals surface area contributed by atoms with E-state index in [1.807, 2.05) is 40.7 Å². The molecule has 1 fully saturated rings. The third-order valence-electron chi connectivity index (χ3n) is 6.71. The molecule has 39 heavy (non-hydrogen) atoms. The molecule has 0 spiro atoms. The first-order valence-corrected chi connectivity index (χ1v) is 13.7. The van der Waals surface area contributed by atoms with Crippen LogP contribution in [0, 0.1) is 18.8 Å². The summed E-state index contributed by atoms with van der Waals surface area (Å²) in [6.07, 6.45) is 1.87. The van der Waals surface area contributed by atoms with Crippen molar-refractivity contribution in [2.45, 2.75) is 72.1 Å². The predicted octanol–water partition coefficient (Wildman–Crippen LogP) is 4.68. The van der Waals surface area contributed by atoms with E-state index in [9.17, 15) is 9.59 Å². The summed E-state index contributed by atoms with van der Waals surface area (Å²) >= 11 is 0. The van der Waals surface area contributed by atoms with E-state index < -0.39 is 0 Å². The van der Waals surface area contributed by atoms with Gasteiger partial charge in [-0.25, -0.2) is 0 Å². The van der Waals surface area contributed by atoms with Gasteiger partial charge in [0.15, 0.2) is 5.78 Å². The molecule has 0 bridgehead atoms. The molecule has 0 saturated carbocycles. The topological polar surface area (TPSA) is 85.9 Å². The molecule has 1 aliphatic heterocycles. The number of carbonyl (C=O) groups is 2. The van der Waals surface area contributed by atoms with Crippen molar-refractivity contribution in [3.05, 3.63) is 64.2 Å². The van der Waals surface area contributed by atoms with Gasteiger partial charge in [-0.15, -0.1) is 5.92 Å². The highest BCUT2D eigenvalue weighted by Gasteiger charge is 2.22. The van der Waals surface area contributed by atoms with Gasteiger partial charge in [-0.05, 0) is 90.8 Å². The van der Waals surface area contributed by atoms with E-state index in [4.69, 9.17) is 14.2 Å². The maximum Gasteiger partial charge on any atom is 0.251 e. The number of hydrogen-bond acceptors (Lipinski definition) is 6. The number of amides is 1. The van der Waals surface area contributed by atoms with Crippen LogP contribution in [0.3, 0.4) is 0 Å². The standard InChI is InChI=1S/C32H42N2O5/c1-7-8-24-13-14-28(38-19-20-39-32(5,6)16-18-37-22(2)3)29(23(24)4)30(35)25-9-11-26(12-10-25)31(36)34-27-15-17-33-21-27/h9-14,22,27,33H,15-21H2,1-6H3,(H,34,36)/t27-/m0/s1. The molecule has 7 nitrogen and oxygen atoms in total. The van der Waals surface area contributed by atoms with E-state index in [0.717, 1.165) is 37.1 Å². The van der Waals surface area contributed by atoms with Crippen LogP contribution in [0.5, 0.6) is 5.75 Å². The van der Waals surface area contributed by atoms with Gasteiger partial charge >= 0.3 is 0 Å². The van der Waals surface area contributed by atoms with Crippen LogP contribution in [0.2, 0.25) is 0 Å². The lowest BCUT2D eigenvalue weighted by atomic mass is 9.94. The molecule has 1 heterocycles. The molecule has 1 aliphatic rings. The Balaban J connectivity index is 1.71. The molecule has 2 aromatic carbocycles. The summed E-state index contributed by atoms with van der Waals surface area (Å²) in [6, 6.07) is 10.6. The highest BCUT2D eigenvalue weighted by molar-refractivity contribution is 6.12. The summed E-state index contributed by atoms with van der Waals surface area (Å²) in [5.41, 5.74) is 2.65. The molecule has 7 heteroatoms. The molecule has 0 aromatic heterocycles. The van der Waals surface area contributed by atoms with Crippen molar-refractivity contribution in [2.24, 2.45) is 0 Å². The smallest absolute Gasteiger partial charge is 0.251 e. The van der Waals surface area contributed by atoms with Crippen molar-refractivity contribution in [3.63, 3.8) is 0 Å². The Morgan fingerprint density at radius 2 is 1.79 bits per heavy atom. The molecular formula is C32H42N2O5. The van der Waals surface area contributed by atoms with Crippen LogP contribution in [-0.2, 0) is 9.47 Å². The van der Waals surface area contributed by atoms with Crippen LogP contribution in [0.15, 0.2) is 36.4 Å². The third kappa shape index (κ3) is 8.93. The Hall–Kier alpha value is -3.18. The van der Waals surface area contributed by atoms with Gasteiger partial charge in [-0.3, -0.25) is 9.59 Å². The quantitative estimate of drug-likeness (QED) is 0.221. The summed E-state index contributed by atoms with van der Waals surface area (Å²) < 4.78 is 17.8. The zero-order valence-electron chi connectivity index (χ0n) is 24.1. The minimum absolute atomic E-state index is 0.131. The number of nitrogens with one attached hydrogen (secondary N) is 2. The Labute approximate surface area is 233 Å². The number of carbonyl (C=O) groups excluding carboxylic acids is 2. The van der Waals surface area contributed by atoms with Gasteiger partial charge in [0.1, 0.15) is 12.4 Å². The van der Waals surface area contributed by atoms with E-state index in [1.165, 1.54) is 0 Å². The lowest BCUT2D eigenvalue weighted by molar-refractivity contribution is -0.0552. The molecule has 0 radical (unpaired) electrons. The normalized spacial score (nSPS) is 15.1. The van der Waals surface area contributed by atoms with Gasteiger partial charge in [0.2, 0.25) is 0 Å². The monoisotopic (exact) mass is 534 g/mol. The first-order chi connectivity index (χ1) is 18.6. The third-order valence-corrected chi connectivity index (χ3v) is 6.71. The molecule has 1 amide bonds. The molecule has 1 atom stereocenters. The first-order valence-electron chi connectivity index (χ1n) is 13.7. The maximum atomic E-state index is 13.7. The highest BCUT2D eigenvalue weighted by Crippen LogP contribution is 2.28. The highest BCUT2D eigenvalue weighted by atomic mass is 16.5. The summed E-state index contributed by atoms with van der Waals surface area (Å²) in [7, 11) is 0. The summed E-state index contributed by atoms with van der Waals surface area (Å²) in [6.45, 7) is 14.7. The Kier molecular flexibility index (Phi) is 11.1. The zero-order chi connectivity index (χ0) is 28.4. The number of rotatable bonds is 13. The number of hydrogen-bond donors (Lipinski definition) is 2. The van der Waals surface area contributed by atoms with Crippen molar-refractivity contribution in [3.8, 4) is 17.6 Å². The number of benzene rings is 2. The van der Waals surface area contributed by atoms with Crippen molar-refractivity contribution in [2.75, 3.05) is 32.9 Å². The average Bonchev–Trinajstić information content (AvgIpc) is 3.40. The lowest BCUT2D eigenvalue weighted by Gasteiger charge is -2.26. The van der Waals surface area contributed by atoms with Crippen molar-refractivity contribution in [1.82, 2.24) is 10.6 Å². The van der Waals surface area contributed by atoms with Crippen LogP contribution >= 0.6 is 0 Å².